The van der Waals surface area contributed by atoms with Crippen molar-refractivity contribution in [1.82, 2.24) is 10.2 Å². The Balaban J connectivity index is 2.13. The van der Waals surface area contributed by atoms with E-state index in [2.05, 4.69) is 17.3 Å². The summed E-state index contributed by atoms with van der Waals surface area (Å²) in [6.45, 7) is 4.37. The minimum atomic E-state index is 0.222. The monoisotopic (exact) mass is 156 g/mol. The fraction of sp³-hybridized carbons (Fsp3) is 0.875. The van der Waals surface area contributed by atoms with Crippen LogP contribution in [0.3, 0.4) is 0 Å². The molecule has 1 N–H and O–H groups in total. The molecule has 3 heteroatoms. The van der Waals surface area contributed by atoms with Gasteiger partial charge in [0.25, 0.3) is 0 Å². The van der Waals surface area contributed by atoms with Gasteiger partial charge in [-0.15, -0.1) is 0 Å². The fourth-order valence-electron chi connectivity index (χ4n) is 1.39. The predicted molar refractivity (Wildman–Crippen MR) is 44.6 cm³/mol. The lowest BCUT2D eigenvalue weighted by molar-refractivity contribution is -0.116. The third-order valence-corrected chi connectivity index (χ3v) is 2.03. The lowest BCUT2D eigenvalue weighted by Gasteiger charge is -2.10. The van der Waals surface area contributed by atoms with Crippen molar-refractivity contribution in [3.05, 3.63) is 0 Å². The zero-order valence-electron chi connectivity index (χ0n) is 7.26. The molecule has 0 bridgehead atoms. The van der Waals surface area contributed by atoms with Crippen molar-refractivity contribution >= 4 is 5.78 Å². The van der Waals surface area contributed by atoms with E-state index in [1.165, 1.54) is 6.42 Å². The Kier molecular flexibility index (Phi) is 3.02. The van der Waals surface area contributed by atoms with Crippen molar-refractivity contribution in [2.24, 2.45) is 0 Å². The van der Waals surface area contributed by atoms with Crippen LogP contribution in [0.2, 0.25) is 0 Å². The fourth-order valence-corrected chi connectivity index (χ4v) is 1.39. The molecule has 11 heavy (non-hydrogen) atoms. The topological polar surface area (TPSA) is 32.3 Å². The normalized spacial score (nSPS) is 25.8. The molecular formula is C8H16N2O. The van der Waals surface area contributed by atoms with Crippen LogP contribution in [0.5, 0.6) is 0 Å². The number of ketones is 1. The number of carbonyl (C=O) groups is 1. The standard InChI is InChI=1S/C8H16N2O/c1-7(11)5-9-8-3-4-10(2)6-8/h8-9H,3-6H2,1-2H3. The van der Waals surface area contributed by atoms with Crippen molar-refractivity contribution in [1.29, 1.82) is 0 Å². The van der Waals surface area contributed by atoms with Gasteiger partial charge in [0.2, 0.25) is 0 Å². The summed E-state index contributed by atoms with van der Waals surface area (Å²) in [7, 11) is 2.11. The zero-order valence-corrected chi connectivity index (χ0v) is 7.26. The Labute approximate surface area is 67.8 Å². The molecule has 64 valence electrons. The molecule has 0 amide bonds. The maximum absolute atomic E-state index is 10.6. The van der Waals surface area contributed by atoms with Gasteiger partial charge in [-0.05, 0) is 26.9 Å². The van der Waals surface area contributed by atoms with Crippen LogP contribution in [-0.2, 0) is 4.79 Å². The number of likely N-dealkylation sites (N-methyl/N-ethyl adjacent to an activating group) is 1. The van der Waals surface area contributed by atoms with Gasteiger partial charge in [-0.2, -0.15) is 0 Å². The molecule has 1 saturated heterocycles. The van der Waals surface area contributed by atoms with Crippen molar-refractivity contribution < 1.29 is 4.79 Å². The maximum Gasteiger partial charge on any atom is 0.143 e. The lowest BCUT2D eigenvalue weighted by atomic mass is 10.2. The summed E-state index contributed by atoms with van der Waals surface area (Å²) >= 11 is 0. The lowest BCUT2D eigenvalue weighted by Crippen LogP contribution is -2.34. The highest BCUT2D eigenvalue weighted by Gasteiger charge is 2.18. The Morgan fingerprint density at radius 3 is 2.91 bits per heavy atom. The second-order valence-electron chi connectivity index (χ2n) is 3.33. The van der Waals surface area contributed by atoms with E-state index in [0.29, 0.717) is 12.6 Å². The van der Waals surface area contributed by atoms with E-state index in [0.717, 1.165) is 13.1 Å². The highest BCUT2D eigenvalue weighted by atomic mass is 16.1. The number of Topliss-reactive ketones (excluding diaryl/α,β-unsaturated/α-hetero) is 1. The SMILES string of the molecule is CC(=O)CNC1CCN(C)C1. The van der Waals surface area contributed by atoms with Crippen LogP contribution in [0.1, 0.15) is 13.3 Å². The molecule has 0 aromatic rings. The Bertz CT molecular complexity index is 147. The summed E-state index contributed by atoms with van der Waals surface area (Å²) in [6, 6.07) is 0.531. The number of rotatable bonds is 3. The highest BCUT2D eigenvalue weighted by Crippen LogP contribution is 2.05. The van der Waals surface area contributed by atoms with E-state index >= 15 is 0 Å². The third-order valence-electron chi connectivity index (χ3n) is 2.03. The van der Waals surface area contributed by atoms with Crippen molar-refractivity contribution in [3.8, 4) is 0 Å². The van der Waals surface area contributed by atoms with Gasteiger partial charge in [-0.3, -0.25) is 4.79 Å². The van der Waals surface area contributed by atoms with E-state index in [4.69, 9.17) is 0 Å². The second kappa shape index (κ2) is 3.83. The van der Waals surface area contributed by atoms with E-state index in [9.17, 15) is 4.79 Å². The molecule has 1 heterocycles. The summed E-state index contributed by atoms with van der Waals surface area (Å²) < 4.78 is 0. The molecule has 0 radical (unpaired) electrons. The van der Waals surface area contributed by atoms with Crippen LogP contribution in [0.4, 0.5) is 0 Å². The molecule has 0 saturated carbocycles. The quantitative estimate of drug-likeness (QED) is 0.617. The van der Waals surface area contributed by atoms with Crippen molar-refractivity contribution in [3.63, 3.8) is 0 Å². The van der Waals surface area contributed by atoms with Gasteiger partial charge in [-0.1, -0.05) is 0 Å². The molecule has 0 aromatic carbocycles. The van der Waals surface area contributed by atoms with Gasteiger partial charge in [0.05, 0.1) is 6.54 Å². The van der Waals surface area contributed by atoms with E-state index in [1.54, 1.807) is 6.92 Å². The maximum atomic E-state index is 10.6. The average molecular weight is 156 g/mol. The number of nitrogens with zero attached hydrogens (tertiary/aromatic N) is 1. The van der Waals surface area contributed by atoms with E-state index < -0.39 is 0 Å². The molecule has 0 aliphatic carbocycles. The van der Waals surface area contributed by atoms with Crippen LogP contribution >= 0.6 is 0 Å². The van der Waals surface area contributed by atoms with Crippen LogP contribution < -0.4 is 5.32 Å². The second-order valence-corrected chi connectivity index (χ2v) is 3.33. The molecule has 1 atom stereocenters. The molecule has 1 aliphatic heterocycles. The molecule has 3 nitrogen and oxygen atoms in total. The molecular weight excluding hydrogens is 140 g/mol. The van der Waals surface area contributed by atoms with Gasteiger partial charge >= 0.3 is 0 Å². The summed E-state index contributed by atoms with van der Waals surface area (Å²) in [4.78, 5) is 12.9. The van der Waals surface area contributed by atoms with Crippen LogP contribution in [-0.4, -0.2) is 43.4 Å². The number of hydrogen-bond donors (Lipinski definition) is 1. The first-order chi connectivity index (χ1) is 5.18. The highest BCUT2D eigenvalue weighted by molar-refractivity contribution is 5.77. The van der Waals surface area contributed by atoms with Crippen LogP contribution in [0.15, 0.2) is 0 Å². The first-order valence-corrected chi connectivity index (χ1v) is 4.10. The molecule has 1 rings (SSSR count). The van der Waals surface area contributed by atoms with Gasteiger partial charge < -0.3 is 10.2 Å². The molecule has 1 unspecified atom stereocenters. The van der Waals surface area contributed by atoms with Crippen LogP contribution in [0.25, 0.3) is 0 Å². The van der Waals surface area contributed by atoms with Gasteiger partial charge in [0.15, 0.2) is 0 Å². The third kappa shape index (κ3) is 2.99. The minimum Gasteiger partial charge on any atom is -0.306 e. The molecule has 1 fully saturated rings. The molecule has 1 aliphatic rings. The summed E-state index contributed by atoms with van der Waals surface area (Å²) in [5, 5.41) is 3.22. The smallest absolute Gasteiger partial charge is 0.143 e. The van der Waals surface area contributed by atoms with Crippen molar-refractivity contribution in [2.45, 2.75) is 19.4 Å². The zero-order chi connectivity index (χ0) is 8.27. The van der Waals surface area contributed by atoms with Gasteiger partial charge in [-0.25, -0.2) is 0 Å². The summed E-state index contributed by atoms with van der Waals surface area (Å²) in [5.41, 5.74) is 0. The van der Waals surface area contributed by atoms with Crippen LogP contribution in [0, 0.1) is 0 Å². The first-order valence-electron chi connectivity index (χ1n) is 4.10. The Morgan fingerprint density at radius 1 is 1.73 bits per heavy atom. The summed E-state index contributed by atoms with van der Waals surface area (Å²) in [5.74, 6) is 0.222. The number of likely N-dealkylation sites (tertiary alicyclic amines) is 1. The van der Waals surface area contributed by atoms with Crippen molar-refractivity contribution in [2.75, 3.05) is 26.7 Å². The predicted octanol–water partition coefficient (Wildman–Crippen LogP) is -0.131. The summed E-state index contributed by atoms with van der Waals surface area (Å²) in [6.07, 6.45) is 1.17. The van der Waals surface area contributed by atoms with Gasteiger partial charge in [0, 0.05) is 12.6 Å². The Hall–Kier alpha value is -0.410. The number of carbonyl (C=O) groups excluding carboxylic acids is 1. The van der Waals surface area contributed by atoms with Gasteiger partial charge in [0.1, 0.15) is 5.78 Å². The number of nitrogens with one attached hydrogen (secondary N) is 1. The molecule has 0 aromatic heterocycles. The average Bonchev–Trinajstić information content (AvgIpc) is 2.31. The number of hydrogen-bond acceptors (Lipinski definition) is 3. The minimum absolute atomic E-state index is 0.222. The van der Waals surface area contributed by atoms with E-state index in [-0.39, 0.29) is 5.78 Å². The van der Waals surface area contributed by atoms with E-state index in [1.807, 2.05) is 0 Å². The Morgan fingerprint density at radius 2 is 2.45 bits per heavy atom. The largest absolute Gasteiger partial charge is 0.306 e. The first kappa shape index (κ1) is 8.68. The molecule has 0 spiro atoms.